The molecule has 2 rings (SSSR count). The molecule has 0 aromatic heterocycles. The molecule has 1 fully saturated rings. The van der Waals surface area contributed by atoms with Crippen molar-refractivity contribution in [1.82, 2.24) is 5.32 Å². The number of carbonyl (C=O) groups excluding carboxylic acids is 1. The van der Waals surface area contributed by atoms with E-state index in [2.05, 4.69) is 25.3 Å². The van der Waals surface area contributed by atoms with Gasteiger partial charge in [-0.3, -0.25) is 4.79 Å². The molecule has 0 aromatic carbocycles. The van der Waals surface area contributed by atoms with E-state index >= 15 is 0 Å². The molecule has 1 spiro atoms. The summed E-state index contributed by atoms with van der Waals surface area (Å²) in [5.74, 6) is 1.01. The van der Waals surface area contributed by atoms with Crippen molar-refractivity contribution in [2.24, 2.45) is 5.41 Å². The van der Waals surface area contributed by atoms with E-state index in [1.54, 1.807) is 7.11 Å². The summed E-state index contributed by atoms with van der Waals surface area (Å²) < 4.78 is 27.6. The van der Waals surface area contributed by atoms with E-state index in [0.717, 1.165) is 31.6 Å². The van der Waals surface area contributed by atoms with Crippen LogP contribution in [0.2, 0.25) is 0 Å². The number of carbonyl (C=O) groups is 1. The minimum absolute atomic E-state index is 0. The Kier molecular flexibility index (Phi) is 17.4. The third kappa shape index (κ3) is 7.16. The van der Waals surface area contributed by atoms with E-state index in [4.69, 9.17) is 18.7 Å². The Morgan fingerprint density at radius 3 is 2.19 bits per heavy atom. The van der Waals surface area contributed by atoms with Gasteiger partial charge in [-0.15, -0.1) is 0 Å². The summed E-state index contributed by atoms with van der Waals surface area (Å²) in [6.45, 7) is 14.3. The summed E-state index contributed by atoms with van der Waals surface area (Å²) >= 11 is 0. The molecule has 0 bridgehead atoms. The standard InChI is InChI=1S/C11H15NO2.3CO.Fe/c1-14-9-3-6-11(7-4-9)5-2-8-12-10(11)13;3*1-2;/h3-4,6H,2,5,7-8H2,1H3,(H,12,13);;;;. The minimum atomic E-state index is -0.291. The normalized spacial score (nSPS) is 21.1. The van der Waals surface area contributed by atoms with E-state index in [1.165, 1.54) is 0 Å². The third-order valence-electron chi connectivity index (χ3n) is 3.01. The molecule has 0 aromatic rings. The van der Waals surface area contributed by atoms with Crippen LogP contribution in [0.25, 0.3) is 0 Å². The Morgan fingerprint density at radius 1 is 1.24 bits per heavy atom. The van der Waals surface area contributed by atoms with Crippen LogP contribution < -0.4 is 5.32 Å². The summed E-state index contributed by atoms with van der Waals surface area (Å²) in [6.07, 6.45) is 8.65. The molecule has 1 atom stereocenters. The third-order valence-corrected chi connectivity index (χ3v) is 3.01. The fraction of sp³-hybridized carbons (Fsp3) is 0.429. The molecule has 1 aliphatic carbocycles. The van der Waals surface area contributed by atoms with Crippen LogP contribution in [0.5, 0.6) is 0 Å². The SMILES string of the molecule is COC1=CCC2(C=C1)CCCNC2=O.[C-]#[O+].[C-]#[O+].[C-]#[O+].[Fe]. The van der Waals surface area contributed by atoms with Crippen LogP contribution in [0.4, 0.5) is 0 Å². The monoisotopic (exact) mass is 333 g/mol. The number of amides is 1. The molecule has 1 N–H and O–H groups in total. The van der Waals surface area contributed by atoms with Crippen molar-refractivity contribution in [2.75, 3.05) is 13.7 Å². The topological polar surface area (TPSA) is 98.0 Å². The molecule has 0 radical (unpaired) electrons. The predicted octanol–water partition coefficient (Wildman–Crippen LogP) is 1.26. The van der Waals surface area contributed by atoms with Gasteiger partial charge in [0.15, 0.2) is 0 Å². The molecular weight excluding hydrogens is 318 g/mol. The van der Waals surface area contributed by atoms with Gasteiger partial charge in [-0.25, -0.2) is 0 Å². The molecule has 1 heterocycles. The van der Waals surface area contributed by atoms with Gasteiger partial charge < -0.3 is 10.1 Å². The van der Waals surface area contributed by atoms with Crippen molar-refractivity contribution in [3.63, 3.8) is 0 Å². The largest absolute Gasteiger partial charge is 0 e. The first-order valence-electron chi connectivity index (χ1n) is 5.60. The fourth-order valence-electron chi connectivity index (χ4n) is 2.06. The average molecular weight is 333 g/mol. The Hall–Kier alpha value is -1.51. The molecule has 1 saturated heterocycles. The van der Waals surface area contributed by atoms with E-state index in [0.29, 0.717) is 0 Å². The van der Waals surface area contributed by atoms with Crippen LogP contribution >= 0.6 is 0 Å². The number of nitrogens with one attached hydrogen (secondary N) is 1. The molecule has 0 saturated carbocycles. The van der Waals surface area contributed by atoms with Gasteiger partial charge in [0.1, 0.15) is 5.76 Å². The second-order valence-electron chi connectivity index (χ2n) is 3.86. The zero-order chi connectivity index (χ0) is 16.0. The Labute approximate surface area is 134 Å². The van der Waals surface area contributed by atoms with Crippen molar-refractivity contribution < 1.29 is 40.6 Å². The zero-order valence-electron chi connectivity index (χ0n) is 11.5. The van der Waals surface area contributed by atoms with Gasteiger partial charge >= 0.3 is 33.9 Å². The predicted molar refractivity (Wildman–Crippen MR) is 65.3 cm³/mol. The first-order valence-corrected chi connectivity index (χ1v) is 5.60. The van der Waals surface area contributed by atoms with Crippen LogP contribution in [0, 0.1) is 25.4 Å². The molecular formula is C14H15FeNO5. The van der Waals surface area contributed by atoms with Gasteiger partial charge in [-0.2, -0.15) is 0 Å². The van der Waals surface area contributed by atoms with Crippen LogP contribution in [0.3, 0.4) is 0 Å². The van der Waals surface area contributed by atoms with Crippen molar-refractivity contribution in [3.8, 4) is 0 Å². The number of hydrogen-bond acceptors (Lipinski definition) is 2. The van der Waals surface area contributed by atoms with Gasteiger partial charge in [-0.05, 0) is 31.4 Å². The second kappa shape index (κ2) is 14.9. The summed E-state index contributed by atoms with van der Waals surface area (Å²) in [5.41, 5.74) is -0.291. The maximum absolute atomic E-state index is 11.7. The molecule has 6 nitrogen and oxygen atoms in total. The summed E-state index contributed by atoms with van der Waals surface area (Å²) in [7, 11) is 1.65. The number of rotatable bonds is 1. The van der Waals surface area contributed by atoms with Gasteiger partial charge in [0.25, 0.3) is 0 Å². The van der Waals surface area contributed by atoms with E-state index in [1.807, 2.05) is 18.2 Å². The number of piperidine rings is 1. The van der Waals surface area contributed by atoms with Crippen LogP contribution in [0.15, 0.2) is 24.0 Å². The van der Waals surface area contributed by atoms with Crippen molar-refractivity contribution >= 4 is 5.91 Å². The van der Waals surface area contributed by atoms with Gasteiger partial charge in [0.2, 0.25) is 5.91 Å². The van der Waals surface area contributed by atoms with Crippen molar-refractivity contribution in [1.29, 1.82) is 0 Å². The van der Waals surface area contributed by atoms with Crippen LogP contribution in [0.1, 0.15) is 19.3 Å². The quantitative estimate of drug-likeness (QED) is 0.444. The number of methoxy groups -OCH3 is 1. The first kappa shape index (κ1) is 24.5. The summed E-state index contributed by atoms with van der Waals surface area (Å²) in [5, 5.41) is 2.92. The Bertz CT molecular complexity index is 411. The first-order chi connectivity index (χ1) is 9.77. The van der Waals surface area contributed by atoms with E-state index in [-0.39, 0.29) is 28.4 Å². The van der Waals surface area contributed by atoms with Crippen LogP contribution in [-0.4, -0.2) is 19.6 Å². The van der Waals surface area contributed by atoms with Crippen LogP contribution in [-0.2, 0) is 40.6 Å². The van der Waals surface area contributed by atoms with E-state index in [9.17, 15) is 4.79 Å². The van der Waals surface area contributed by atoms with Gasteiger partial charge in [0.05, 0.1) is 12.5 Å². The molecule has 114 valence electrons. The molecule has 1 amide bonds. The Balaban J connectivity index is -0.000000414. The maximum atomic E-state index is 11.7. The number of ether oxygens (including phenoxy) is 1. The minimum Gasteiger partial charge on any atom is 0 e. The molecule has 1 aliphatic heterocycles. The van der Waals surface area contributed by atoms with E-state index < -0.39 is 0 Å². The summed E-state index contributed by atoms with van der Waals surface area (Å²) in [6, 6.07) is 0. The smallest absolute Gasteiger partial charge is 0 e. The maximum Gasteiger partial charge on any atom is 0 e. The fourth-order valence-corrected chi connectivity index (χ4v) is 2.06. The molecule has 2 aliphatic rings. The average Bonchev–Trinajstić information content (AvgIpc) is 2.57. The van der Waals surface area contributed by atoms with Gasteiger partial charge in [-0.1, -0.05) is 6.08 Å². The second-order valence-corrected chi connectivity index (χ2v) is 3.86. The summed E-state index contributed by atoms with van der Waals surface area (Å²) in [4.78, 5) is 11.7. The molecule has 7 heteroatoms. The van der Waals surface area contributed by atoms with Crippen molar-refractivity contribution in [2.45, 2.75) is 19.3 Å². The number of allylic oxidation sites excluding steroid dienone is 2. The zero-order valence-corrected chi connectivity index (χ0v) is 12.6. The van der Waals surface area contributed by atoms with Crippen molar-refractivity contribution in [3.05, 3.63) is 43.9 Å². The van der Waals surface area contributed by atoms with Gasteiger partial charge in [0, 0.05) is 23.6 Å². The Morgan fingerprint density at radius 2 is 1.81 bits per heavy atom. The molecule has 21 heavy (non-hydrogen) atoms. The number of hydrogen-bond donors (Lipinski definition) is 1. The molecule has 1 unspecified atom stereocenters.